The molecule has 2 nitrogen and oxygen atoms in total. The Morgan fingerprint density at radius 2 is 1.65 bits per heavy atom. The van der Waals surface area contributed by atoms with Crippen LogP contribution in [-0.4, -0.2) is 18.0 Å². The Bertz CT molecular complexity index is 436. The molecule has 0 fully saturated rings. The minimum atomic E-state index is -1.25. The Hall–Kier alpha value is -1.54. The highest BCUT2D eigenvalue weighted by Crippen LogP contribution is 2.24. The summed E-state index contributed by atoms with van der Waals surface area (Å²) in [6.07, 6.45) is 0. The SMILES string of the molecule is CCN(CC)C(C#N)c1cc(F)c(F)cc1F. The van der Waals surface area contributed by atoms with Crippen molar-refractivity contribution < 1.29 is 13.2 Å². The summed E-state index contributed by atoms with van der Waals surface area (Å²) in [5.74, 6) is -3.29. The van der Waals surface area contributed by atoms with E-state index in [1.54, 1.807) is 4.90 Å². The number of nitriles is 1. The van der Waals surface area contributed by atoms with Gasteiger partial charge in [0.25, 0.3) is 0 Å². The third kappa shape index (κ3) is 2.77. The topological polar surface area (TPSA) is 27.0 Å². The maximum atomic E-state index is 13.5. The van der Waals surface area contributed by atoms with Gasteiger partial charge in [-0.2, -0.15) is 5.26 Å². The molecule has 0 radical (unpaired) electrons. The van der Waals surface area contributed by atoms with Crippen molar-refractivity contribution in [1.29, 1.82) is 5.26 Å². The fourth-order valence-corrected chi connectivity index (χ4v) is 1.68. The maximum absolute atomic E-state index is 13.5. The molecule has 1 unspecified atom stereocenters. The molecule has 0 aliphatic heterocycles. The molecule has 1 atom stereocenters. The van der Waals surface area contributed by atoms with Crippen LogP contribution in [0.25, 0.3) is 0 Å². The first-order valence-corrected chi connectivity index (χ1v) is 5.33. The lowest BCUT2D eigenvalue weighted by Crippen LogP contribution is -2.28. The zero-order valence-corrected chi connectivity index (χ0v) is 9.67. The molecule has 1 rings (SSSR count). The van der Waals surface area contributed by atoms with Crippen LogP contribution in [0.5, 0.6) is 0 Å². The molecule has 1 aromatic rings. The van der Waals surface area contributed by atoms with Crippen molar-refractivity contribution in [2.45, 2.75) is 19.9 Å². The first kappa shape index (κ1) is 13.5. The minimum absolute atomic E-state index is 0.130. The smallest absolute Gasteiger partial charge is 0.161 e. The molecule has 0 aromatic heterocycles. The summed E-state index contributed by atoms with van der Waals surface area (Å²) in [5.41, 5.74) is -0.130. The van der Waals surface area contributed by atoms with Crippen molar-refractivity contribution in [2.75, 3.05) is 13.1 Å². The molecule has 17 heavy (non-hydrogen) atoms. The van der Waals surface area contributed by atoms with Crippen LogP contribution in [-0.2, 0) is 0 Å². The Balaban J connectivity index is 3.21. The molecule has 0 N–H and O–H groups in total. The van der Waals surface area contributed by atoms with Crippen LogP contribution < -0.4 is 0 Å². The number of benzene rings is 1. The number of nitrogens with zero attached hydrogens (tertiary/aromatic N) is 2. The quantitative estimate of drug-likeness (QED) is 0.759. The van der Waals surface area contributed by atoms with Gasteiger partial charge in [-0.15, -0.1) is 0 Å². The zero-order valence-electron chi connectivity index (χ0n) is 9.67. The largest absolute Gasteiger partial charge is 0.285 e. The molecule has 0 amide bonds. The van der Waals surface area contributed by atoms with E-state index in [0.717, 1.165) is 6.07 Å². The predicted octanol–water partition coefficient (Wildman–Crippen LogP) is 3.01. The molecule has 0 bridgehead atoms. The van der Waals surface area contributed by atoms with Crippen LogP contribution >= 0.6 is 0 Å². The molecule has 0 spiro atoms. The number of hydrogen-bond donors (Lipinski definition) is 0. The summed E-state index contributed by atoms with van der Waals surface area (Å²) < 4.78 is 39.4. The van der Waals surface area contributed by atoms with Gasteiger partial charge in [-0.25, -0.2) is 13.2 Å². The number of halogens is 3. The second-order valence-electron chi connectivity index (χ2n) is 3.54. The summed E-state index contributed by atoms with van der Waals surface area (Å²) in [6.45, 7) is 4.66. The highest BCUT2D eigenvalue weighted by atomic mass is 19.2. The van der Waals surface area contributed by atoms with Crippen LogP contribution in [0.3, 0.4) is 0 Å². The van der Waals surface area contributed by atoms with E-state index in [4.69, 9.17) is 5.26 Å². The van der Waals surface area contributed by atoms with Gasteiger partial charge in [0.05, 0.1) is 6.07 Å². The van der Waals surface area contributed by atoms with Gasteiger partial charge in [0.2, 0.25) is 0 Å². The third-order valence-corrected chi connectivity index (χ3v) is 2.63. The summed E-state index contributed by atoms with van der Waals surface area (Å²) in [6, 6.07) is 2.22. The van der Waals surface area contributed by atoms with Gasteiger partial charge < -0.3 is 0 Å². The summed E-state index contributed by atoms with van der Waals surface area (Å²) in [4.78, 5) is 1.66. The van der Waals surface area contributed by atoms with Crippen LogP contribution in [0.4, 0.5) is 13.2 Å². The fourth-order valence-electron chi connectivity index (χ4n) is 1.68. The zero-order chi connectivity index (χ0) is 13.0. The Morgan fingerprint density at radius 3 is 2.12 bits per heavy atom. The van der Waals surface area contributed by atoms with Gasteiger partial charge >= 0.3 is 0 Å². The van der Waals surface area contributed by atoms with E-state index in [1.807, 2.05) is 19.9 Å². The molecule has 1 aromatic carbocycles. The van der Waals surface area contributed by atoms with Crippen molar-refractivity contribution in [3.63, 3.8) is 0 Å². The molecule has 5 heteroatoms. The van der Waals surface area contributed by atoms with E-state index in [2.05, 4.69) is 0 Å². The first-order valence-electron chi connectivity index (χ1n) is 5.33. The van der Waals surface area contributed by atoms with Crippen LogP contribution in [0.15, 0.2) is 12.1 Å². The van der Waals surface area contributed by atoms with E-state index in [9.17, 15) is 13.2 Å². The van der Waals surface area contributed by atoms with Crippen molar-refractivity contribution in [1.82, 2.24) is 4.90 Å². The van der Waals surface area contributed by atoms with E-state index in [0.29, 0.717) is 19.2 Å². The standard InChI is InChI=1S/C12H13F3N2/c1-3-17(4-2)12(7-16)8-5-10(14)11(15)6-9(8)13/h5-6,12H,3-4H2,1-2H3. The van der Waals surface area contributed by atoms with E-state index < -0.39 is 23.5 Å². The Labute approximate surface area is 98.3 Å². The third-order valence-electron chi connectivity index (χ3n) is 2.63. The first-order chi connectivity index (χ1) is 8.04. The lowest BCUT2D eigenvalue weighted by molar-refractivity contribution is 0.257. The summed E-state index contributed by atoms with van der Waals surface area (Å²) >= 11 is 0. The van der Waals surface area contributed by atoms with Gasteiger partial charge in [-0.3, -0.25) is 4.90 Å². The van der Waals surface area contributed by atoms with Crippen molar-refractivity contribution in [3.8, 4) is 6.07 Å². The van der Waals surface area contributed by atoms with Crippen molar-refractivity contribution in [3.05, 3.63) is 35.1 Å². The molecular weight excluding hydrogens is 229 g/mol. The molecule has 0 saturated carbocycles. The van der Waals surface area contributed by atoms with E-state index >= 15 is 0 Å². The Morgan fingerprint density at radius 1 is 1.12 bits per heavy atom. The van der Waals surface area contributed by atoms with Gasteiger partial charge in [-0.1, -0.05) is 13.8 Å². The van der Waals surface area contributed by atoms with Crippen molar-refractivity contribution >= 4 is 0 Å². The average Bonchev–Trinajstić information content (AvgIpc) is 2.31. The van der Waals surface area contributed by atoms with Gasteiger partial charge in [0.15, 0.2) is 11.6 Å². The van der Waals surface area contributed by atoms with E-state index in [1.165, 1.54) is 0 Å². The van der Waals surface area contributed by atoms with Gasteiger partial charge in [0.1, 0.15) is 11.9 Å². The minimum Gasteiger partial charge on any atom is -0.285 e. The second kappa shape index (κ2) is 5.69. The van der Waals surface area contributed by atoms with Crippen LogP contribution in [0.1, 0.15) is 25.5 Å². The summed E-state index contributed by atoms with van der Waals surface area (Å²) in [7, 11) is 0. The van der Waals surface area contributed by atoms with Gasteiger partial charge in [0, 0.05) is 11.6 Å². The lowest BCUT2D eigenvalue weighted by atomic mass is 10.1. The summed E-state index contributed by atoms with van der Waals surface area (Å²) in [5, 5.41) is 9.02. The lowest BCUT2D eigenvalue weighted by Gasteiger charge is -2.24. The number of hydrogen-bond acceptors (Lipinski definition) is 2. The van der Waals surface area contributed by atoms with Gasteiger partial charge in [-0.05, 0) is 19.2 Å². The normalized spacial score (nSPS) is 12.5. The predicted molar refractivity (Wildman–Crippen MR) is 57.6 cm³/mol. The molecule has 0 saturated heterocycles. The fraction of sp³-hybridized carbons (Fsp3) is 0.417. The van der Waals surface area contributed by atoms with Crippen LogP contribution in [0.2, 0.25) is 0 Å². The number of rotatable bonds is 4. The van der Waals surface area contributed by atoms with E-state index in [-0.39, 0.29) is 5.56 Å². The second-order valence-corrected chi connectivity index (χ2v) is 3.54. The highest BCUT2D eigenvalue weighted by molar-refractivity contribution is 5.27. The van der Waals surface area contributed by atoms with Crippen LogP contribution in [0, 0.1) is 28.8 Å². The Kier molecular flexibility index (Phi) is 4.53. The maximum Gasteiger partial charge on any atom is 0.161 e. The average molecular weight is 242 g/mol. The molecule has 0 aliphatic carbocycles. The monoisotopic (exact) mass is 242 g/mol. The molecule has 0 aliphatic rings. The highest BCUT2D eigenvalue weighted by Gasteiger charge is 2.22. The molecule has 92 valence electrons. The molecule has 0 heterocycles. The molecular formula is C12H13F3N2. The van der Waals surface area contributed by atoms with Crippen molar-refractivity contribution in [2.24, 2.45) is 0 Å².